The molecule has 2 aliphatic heterocycles. The quantitative estimate of drug-likeness (QED) is 0.635. The lowest BCUT2D eigenvalue weighted by Crippen LogP contribution is -2.50. The van der Waals surface area contributed by atoms with Crippen LogP contribution in [-0.4, -0.2) is 60.6 Å². The molecule has 1 fully saturated rings. The molecule has 9 heteroatoms. The van der Waals surface area contributed by atoms with E-state index in [1.807, 2.05) is 24.3 Å². The first kappa shape index (κ1) is 18.3. The Morgan fingerprint density at radius 2 is 1.87 bits per heavy atom. The van der Waals surface area contributed by atoms with Crippen LogP contribution in [0.3, 0.4) is 0 Å². The predicted molar refractivity (Wildman–Crippen MR) is 107 cm³/mol. The highest BCUT2D eigenvalue weighted by atomic mass is 16.7. The average Bonchev–Trinajstić information content (AvgIpc) is 3.49. The number of hydrogen-bond acceptors (Lipinski definition) is 8. The highest BCUT2D eigenvalue weighted by molar-refractivity contribution is 5.78. The first-order valence-corrected chi connectivity index (χ1v) is 9.69. The molecule has 1 saturated heterocycles. The molecule has 2 aromatic heterocycles. The fourth-order valence-electron chi connectivity index (χ4n) is 3.44. The molecule has 0 unspecified atom stereocenters. The van der Waals surface area contributed by atoms with Crippen molar-refractivity contribution in [2.75, 3.05) is 44.5 Å². The zero-order valence-corrected chi connectivity index (χ0v) is 16.2. The van der Waals surface area contributed by atoms with Crippen molar-refractivity contribution in [2.24, 2.45) is 0 Å². The molecule has 0 bridgehead atoms. The van der Waals surface area contributed by atoms with E-state index in [1.165, 1.54) is 0 Å². The van der Waals surface area contributed by atoms with E-state index in [4.69, 9.17) is 18.6 Å². The third-order valence-corrected chi connectivity index (χ3v) is 5.09. The Labute approximate surface area is 172 Å². The largest absolute Gasteiger partial charge is 0.484 e. The molecule has 0 aliphatic carbocycles. The smallest absolute Gasteiger partial charge is 0.260 e. The summed E-state index contributed by atoms with van der Waals surface area (Å²) in [5.74, 6) is 3.32. The summed E-state index contributed by atoms with van der Waals surface area (Å²) in [5, 5.41) is 8.53. The topological polar surface area (TPSA) is 90.2 Å². The number of amides is 1. The molecule has 30 heavy (non-hydrogen) atoms. The Morgan fingerprint density at radius 3 is 2.63 bits per heavy atom. The van der Waals surface area contributed by atoms with E-state index in [1.54, 1.807) is 29.4 Å². The molecular weight excluding hydrogens is 388 g/mol. The SMILES string of the molecule is O=C(COc1ccc2c(c1)OCO2)N1CCN(c2ccc(-c3ccco3)nn2)CC1. The molecule has 3 aromatic rings. The normalized spacial score (nSPS) is 15.3. The summed E-state index contributed by atoms with van der Waals surface area (Å²) in [6.07, 6.45) is 1.61. The maximum absolute atomic E-state index is 12.5. The third-order valence-electron chi connectivity index (χ3n) is 5.09. The Morgan fingerprint density at radius 1 is 1.00 bits per heavy atom. The summed E-state index contributed by atoms with van der Waals surface area (Å²) in [4.78, 5) is 16.4. The molecule has 9 nitrogen and oxygen atoms in total. The number of piperazine rings is 1. The van der Waals surface area contributed by atoms with Crippen LogP contribution in [0.2, 0.25) is 0 Å². The standard InChI is InChI=1S/C21H20N4O5/c26-21(13-28-15-3-5-18-19(12-15)30-14-29-18)25-9-7-24(8-10-25)20-6-4-16(22-23-20)17-2-1-11-27-17/h1-6,11-12H,7-10,13-14H2. The molecule has 0 N–H and O–H groups in total. The average molecular weight is 408 g/mol. The van der Waals surface area contributed by atoms with Crippen LogP contribution in [0.25, 0.3) is 11.5 Å². The lowest BCUT2D eigenvalue weighted by atomic mass is 10.2. The van der Waals surface area contributed by atoms with Crippen LogP contribution < -0.4 is 19.1 Å². The van der Waals surface area contributed by atoms with Gasteiger partial charge in [0.1, 0.15) is 11.4 Å². The molecule has 4 heterocycles. The summed E-state index contributed by atoms with van der Waals surface area (Å²) in [5.41, 5.74) is 0.693. The molecule has 0 saturated carbocycles. The van der Waals surface area contributed by atoms with Gasteiger partial charge >= 0.3 is 0 Å². The zero-order chi connectivity index (χ0) is 20.3. The number of anilines is 1. The van der Waals surface area contributed by atoms with Crippen molar-refractivity contribution in [3.8, 4) is 28.7 Å². The Balaban J connectivity index is 1.12. The maximum atomic E-state index is 12.5. The molecule has 2 aliphatic rings. The number of ether oxygens (including phenoxy) is 3. The van der Waals surface area contributed by atoms with Crippen molar-refractivity contribution in [3.05, 3.63) is 48.7 Å². The summed E-state index contributed by atoms with van der Waals surface area (Å²) >= 11 is 0. The zero-order valence-electron chi connectivity index (χ0n) is 16.2. The number of hydrogen-bond donors (Lipinski definition) is 0. The number of benzene rings is 1. The van der Waals surface area contributed by atoms with Crippen LogP contribution >= 0.6 is 0 Å². The van der Waals surface area contributed by atoms with Gasteiger partial charge in [0.2, 0.25) is 6.79 Å². The number of nitrogens with zero attached hydrogens (tertiary/aromatic N) is 4. The van der Waals surface area contributed by atoms with Gasteiger partial charge in [-0.15, -0.1) is 10.2 Å². The fraction of sp³-hybridized carbons (Fsp3) is 0.286. The van der Waals surface area contributed by atoms with E-state index in [-0.39, 0.29) is 19.3 Å². The Bertz CT molecular complexity index is 1010. The number of furan rings is 1. The minimum atomic E-state index is -0.0495. The van der Waals surface area contributed by atoms with E-state index < -0.39 is 0 Å². The third kappa shape index (κ3) is 3.73. The highest BCUT2D eigenvalue weighted by Crippen LogP contribution is 2.35. The van der Waals surface area contributed by atoms with Crippen LogP contribution in [-0.2, 0) is 4.79 Å². The van der Waals surface area contributed by atoms with Gasteiger partial charge in [0.25, 0.3) is 5.91 Å². The van der Waals surface area contributed by atoms with Gasteiger partial charge in [-0.05, 0) is 36.4 Å². The van der Waals surface area contributed by atoms with Crippen molar-refractivity contribution >= 4 is 11.7 Å². The molecule has 1 aromatic carbocycles. The maximum Gasteiger partial charge on any atom is 0.260 e. The van der Waals surface area contributed by atoms with Gasteiger partial charge in [-0.2, -0.15) is 0 Å². The minimum Gasteiger partial charge on any atom is -0.484 e. The lowest BCUT2D eigenvalue weighted by Gasteiger charge is -2.35. The van der Waals surface area contributed by atoms with E-state index in [0.717, 1.165) is 5.82 Å². The molecule has 0 radical (unpaired) electrons. The molecular formula is C21H20N4O5. The van der Waals surface area contributed by atoms with Gasteiger partial charge in [-0.3, -0.25) is 4.79 Å². The first-order chi connectivity index (χ1) is 14.8. The minimum absolute atomic E-state index is 0.0166. The van der Waals surface area contributed by atoms with Crippen LogP contribution in [0, 0.1) is 0 Å². The van der Waals surface area contributed by atoms with E-state index in [2.05, 4.69) is 15.1 Å². The van der Waals surface area contributed by atoms with Gasteiger partial charge in [0.15, 0.2) is 29.7 Å². The summed E-state index contributed by atoms with van der Waals surface area (Å²) in [6, 6.07) is 12.8. The summed E-state index contributed by atoms with van der Waals surface area (Å²) in [7, 11) is 0. The first-order valence-electron chi connectivity index (χ1n) is 9.69. The summed E-state index contributed by atoms with van der Waals surface area (Å²) in [6.45, 7) is 2.76. The lowest BCUT2D eigenvalue weighted by molar-refractivity contribution is -0.133. The Hall–Kier alpha value is -3.75. The fourth-order valence-corrected chi connectivity index (χ4v) is 3.44. The van der Waals surface area contributed by atoms with Crippen LogP contribution in [0.15, 0.2) is 53.1 Å². The second-order valence-corrected chi connectivity index (χ2v) is 6.93. The van der Waals surface area contributed by atoms with Gasteiger partial charge in [0.05, 0.1) is 6.26 Å². The number of carbonyl (C=O) groups is 1. The second-order valence-electron chi connectivity index (χ2n) is 6.93. The molecule has 154 valence electrons. The molecule has 0 atom stereocenters. The Kier molecular flexibility index (Phi) is 4.84. The van der Waals surface area contributed by atoms with E-state index in [9.17, 15) is 4.79 Å². The predicted octanol–water partition coefficient (Wildman–Crippen LogP) is 2.19. The second kappa shape index (κ2) is 7.94. The van der Waals surface area contributed by atoms with Crippen LogP contribution in [0.4, 0.5) is 5.82 Å². The molecule has 0 spiro atoms. The molecule has 1 amide bonds. The van der Waals surface area contributed by atoms with Crippen molar-refractivity contribution in [3.63, 3.8) is 0 Å². The number of fused-ring (bicyclic) bond motifs is 1. The van der Waals surface area contributed by atoms with Crippen molar-refractivity contribution in [1.29, 1.82) is 0 Å². The van der Waals surface area contributed by atoms with Gasteiger partial charge in [-0.25, -0.2) is 0 Å². The van der Waals surface area contributed by atoms with Crippen LogP contribution in [0.1, 0.15) is 0 Å². The van der Waals surface area contributed by atoms with Gasteiger partial charge < -0.3 is 28.4 Å². The van der Waals surface area contributed by atoms with Crippen molar-refractivity contribution in [1.82, 2.24) is 15.1 Å². The number of rotatable bonds is 5. The van der Waals surface area contributed by atoms with Crippen LogP contribution in [0.5, 0.6) is 17.2 Å². The van der Waals surface area contributed by atoms with Crippen molar-refractivity contribution in [2.45, 2.75) is 0 Å². The summed E-state index contributed by atoms with van der Waals surface area (Å²) < 4.78 is 21.6. The van der Waals surface area contributed by atoms with Crippen molar-refractivity contribution < 1.29 is 23.4 Å². The molecule has 5 rings (SSSR count). The highest BCUT2D eigenvalue weighted by Gasteiger charge is 2.23. The van der Waals surface area contributed by atoms with E-state index in [0.29, 0.717) is 54.9 Å². The van der Waals surface area contributed by atoms with Gasteiger partial charge in [0, 0.05) is 32.2 Å². The monoisotopic (exact) mass is 408 g/mol. The van der Waals surface area contributed by atoms with Gasteiger partial charge in [-0.1, -0.05) is 0 Å². The number of carbonyl (C=O) groups excluding carboxylic acids is 1. The number of aromatic nitrogens is 2. The van der Waals surface area contributed by atoms with E-state index >= 15 is 0 Å².